The second kappa shape index (κ2) is 8.74. The van der Waals surface area contributed by atoms with E-state index >= 15 is 0 Å². The van der Waals surface area contributed by atoms with Gasteiger partial charge in [-0.3, -0.25) is 10.1 Å². The van der Waals surface area contributed by atoms with Crippen LogP contribution in [0.1, 0.15) is 47.6 Å². The fourth-order valence-corrected chi connectivity index (χ4v) is 4.37. The number of benzene rings is 2. The minimum absolute atomic E-state index is 0.210. The molecule has 2 heterocycles. The highest BCUT2D eigenvalue weighted by Crippen LogP contribution is 2.35. The summed E-state index contributed by atoms with van der Waals surface area (Å²) in [5, 5.41) is 3.23. The Bertz CT molecular complexity index is 1330. The van der Waals surface area contributed by atoms with Crippen LogP contribution in [0, 0.1) is 0 Å². The van der Waals surface area contributed by atoms with Crippen LogP contribution in [0.25, 0.3) is 11.0 Å². The molecule has 0 atom stereocenters. The molecule has 0 bridgehead atoms. The third kappa shape index (κ3) is 4.15. The van der Waals surface area contributed by atoms with Crippen LogP contribution >= 0.6 is 0 Å². The van der Waals surface area contributed by atoms with Gasteiger partial charge in [0.05, 0.1) is 10.9 Å². The summed E-state index contributed by atoms with van der Waals surface area (Å²) in [4.78, 5) is 34.3. The Labute approximate surface area is 190 Å². The molecular formula is C25H23N5O3. The van der Waals surface area contributed by atoms with Crippen molar-refractivity contribution in [1.29, 1.82) is 0 Å². The first-order valence-corrected chi connectivity index (χ1v) is 10.9. The molecule has 2 aromatic carbocycles. The van der Waals surface area contributed by atoms with Crippen LogP contribution in [-0.2, 0) is 0 Å². The Morgan fingerprint density at radius 2 is 1.82 bits per heavy atom. The van der Waals surface area contributed by atoms with Crippen LogP contribution in [0.15, 0.2) is 67.1 Å². The molecule has 1 amide bonds. The van der Waals surface area contributed by atoms with Gasteiger partial charge in [-0.05, 0) is 37.1 Å². The molecule has 8 nitrogen and oxygen atoms in total. The lowest BCUT2D eigenvalue weighted by atomic mass is 10.0. The van der Waals surface area contributed by atoms with E-state index in [-0.39, 0.29) is 11.6 Å². The van der Waals surface area contributed by atoms with Crippen molar-refractivity contribution in [2.24, 2.45) is 0 Å². The van der Waals surface area contributed by atoms with Crippen LogP contribution in [0.4, 0.5) is 16.3 Å². The maximum absolute atomic E-state index is 13.5. The van der Waals surface area contributed by atoms with E-state index < -0.39 is 6.09 Å². The van der Waals surface area contributed by atoms with Gasteiger partial charge in [-0.1, -0.05) is 43.2 Å². The highest BCUT2D eigenvalue weighted by molar-refractivity contribution is 6.18. The summed E-state index contributed by atoms with van der Waals surface area (Å²) in [5.74, 6) is 0.497. The van der Waals surface area contributed by atoms with E-state index in [1.54, 1.807) is 48.5 Å². The predicted octanol–water partition coefficient (Wildman–Crippen LogP) is 4.97. The number of fused-ring (bicyclic) bond motifs is 1. The normalized spacial score (nSPS) is 13.8. The molecule has 1 fully saturated rings. The maximum atomic E-state index is 13.5. The zero-order valence-electron chi connectivity index (χ0n) is 17.9. The van der Waals surface area contributed by atoms with Gasteiger partial charge in [0.15, 0.2) is 5.78 Å². The molecule has 1 aliphatic rings. The molecule has 0 radical (unpaired) electrons. The molecule has 3 N–H and O–H groups in total. The average Bonchev–Trinajstić information content (AvgIpc) is 3.48. The fraction of sp³-hybridized carbons (Fsp3) is 0.200. The van der Waals surface area contributed by atoms with Crippen molar-refractivity contribution in [1.82, 2.24) is 14.5 Å². The number of nitrogens with zero attached hydrogens (tertiary/aromatic N) is 3. The summed E-state index contributed by atoms with van der Waals surface area (Å²) in [6.07, 6.45) is 7.04. The summed E-state index contributed by atoms with van der Waals surface area (Å²) in [7, 11) is 0. The lowest BCUT2D eigenvalue weighted by Gasteiger charge is -2.12. The number of hydrogen-bond acceptors (Lipinski definition) is 6. The standard InChI is InChI=1S/C25H23N5O3/c26-23-21-20(14-30(18-9-4-5-10-18)24(21)28-15-27-23)22(31)16-7-6-8-17(13-16)29-25(32)33-19-11-2-1-3-12-19/h1-3,6-8,11-15,18H,4-5,9-10H2,(H,29,32)(H2,26,27,28). The van der Waals surface area contributed by atoms with Gasteiger partial charge in [0.1, 0.15) is 23.5 Å². The smallest absolute Gasteiger partial charge is 0.410 e. The van der Waals surface area contributed by atoms with Gasteiger partial charge in [-0.25, -0.2) is 14.8 Å². The van der Waals surface area contributed by atoms with Crippen molar-refractivity contribution in [3.8, 4) is 5.75 Å². The number of carbonyl (C=O) groups is 2. The zero-order valence-corrected chi connectivity index (χ0v) is 17.9. The molecule has 0 saturated heterocycles. The molecule has 166 valence electrons. The minimum Gasteiger partial charge on any atom is -0.410 e. The Morgan fingerprint density at radius 3 is 2.61 bits per heavy atom. The highest BCUT2D eigenvalue weighted by Gasteiger charge is 2.25. The molecule has 0 spiro atoms. The molecule has 1 saturated carbocycles. The van der Waals surface area contributed by atoms with Gasteiger partial charge in [0.25, 0.3) is 0 Å². The molecule has 1 aliphatic carbocycles. The van der Waals surface area contributed by atoms with E-state index in [1.165, 1.54) is 6.33 Å². The van der Waals surface area contributed by atoms with Crippen molar-refractivity contribution in [3.05, 3.63) is 78.2 Å². The third-order valence-electron chi connectivity index (χ3n) is 5.93. The summed E-state index contributed by atoms with van der Waals surface area (Å²) < 4.78 is 7.33. The van der Waals surface area contributed by atoms with Crippen molar-refractivity contribution >= 4 is 34.4 Å². The number of amides is 1. The number of carbonyl (C=O) groups excluding carboxylic acids is 2. The van der Waals surface area contributed by atoms with E-state index in [2.05, 4.69) is 19.9 Å². The number of ketones is 1. The van der Waals surface area contributed by atoms with Crippen molar-refractivity contribution < 1.29 is 14.3 Å². The molecule has 4 aromatic rings. The fourth-order valence-electron chi connectivity index (χ4n) is 4.37. The summed E-state index contributed by atoms with van der Waals surface area (Å²) in [5.41, 5.74) is 8.17. The number of nitrogen functional groups attached to an aromatic ring is 1. The van der Waals surface area contributed by atoms with Gasteiger partial charge < -0.3 is 15.0 Å². The molecule has 2 aromatic heterocycles. The van der Waals surface area contributed by atoms with Crippen LogP contribution in [0.2, 0.25) is 0 Å². The zero-order chi connectivity index (χ0) is 22.8. The van der Waals surface area contributed by atoms with Crippen LogP contribution in [0.3, 0.4) is 0 Å². The number of para-hydroxylation sites is 1. The van der Waals surface area contributed by atoms with E-state index in [4.69, 9.17) is 10.5 Å². The molecular weight excluding hydrogens is 418 g/mol. The van der Waals surface area contributed by atoms with Crippen molar-refractivity contribution in [2.75, 3.05) is 11.1 Å². The average molecular weight is 441 g/mol. The number of rotatable bonds is 5. The van der Waals surface area contributed by atoms with Gasteiger partial charge in [0.2, 0.25) is 0 Å². The second-order valence-electron chi connectivity index (χ2n) is 8.08. The van der Waals surface area contributed by atoms with Gasteiger partial charge in [0, 0.05) is 23.5 Å². The Hall–Kier alpha value is -4.20. The second-order valence-corrected chi connectivity index (χ2v) is 8.08. The molecule has 33 heavy (non-hydrogen) atoms. The van der Waals surface area contributed by atoms with Crippen LogP contribution in [-0.4, -0.2) is 26.4 Å². The monoisotopic (exact) mass is 441 g/mol. The first-order valence-electron chi connectivity index (χ1n) is 10.9. The van der Waals surface area contributed by atoms with Crippen molar-refractivity contribution in [2.45, 2.75) is 31.7 Å². The maximum Gasteiger partial charge on any atom is 0.417 e. The number of hydrogen-bond donors (Lipinski definition) is 2. The van der Waals surface area contributed by atoms with Crippen molar-refractivity contribution in [3.63, 3.8) is 0 Å². The Balaban J connectivity index is 1.44. The topological polar surface area (TPSA) is 112 Å². The summed E-state index contributed by atoms with van der Waals surface area (Å²) in [6, 6.07) is 15.8. The summed E-state index contributed by atoms with van der Waals surface area (Å²) >= 11 is 0. The first kappa shape index (κ1) is 20.7. The van der Waals surface area contributed by atoms with Gasteiger partial charge >= 0.3 is 6.09 Å². The lowest BCUT2D eigenvalue weighted by Crippen LogP contribution is -2.17. The Morgan fingerprint density at radius 1 is 1.03 bits per heavy atom. The number of nitrogens with one attached hydrogen (secondary N) is 1. The number of aromatic nitrogens is 3. The molecule has 0 aliphatic heterocycles. The molecule has 0 unspecified atom stereocenters. The van der Waals surface area contributed by atoms with Gasteiger partial charge in [-0.15, -0.1) is 0 Å². The molecule has 5 rings (SSSR count). The lowest BCUT2D eigenvalue weighted by molar-refractivity contribution is 0.104. The minimum atomic E-state index is -0.638. The number of anilines is 2. The third-order valence-corrected chi connectivity index (χ3v) is 5.93. The van der Waals surface area contributed by atoms with Crippen LogP contribution < -0.4 is 15.8 Å². The Kier molecular flexibility index (Phi) is 5.48. The SMILES string of the molecule is Nc1ncnc2c1c(C(=O)c1cccc(NC(=O)Oc3ccccc3)c1)cn2C1CCCC1. The van der Waals surface area contributed by atoms with E-state index in [9.17, 15) is 9.59 Å². The predicted molar refractivity (Wildman–Crippen MR) is 125 cm³/mol. The van der Waals surface area contributed by atoms with Gasteiger partial charge in [-0.2, -0.15) is 0 Å². The van der Waals surface area contributed by atoms with E-state index in [0.717, 1.165) is 25.7 Å². The molecule has 8 heteroatoms. The largest absolute Gasteiger partial charge is 0.417 e. The number of nitrogens with two attached hydrogens (primary N) is 1. The van der Waals surface area contributed by atoms with E-state index in [0.29, 0.717) is 39.6 Å². The van der Waals surface area contributed by atoms with E-state index in [1.807, 2.05) is 12.3 Å². The highest BCUT2D eigenvalue weighted by atomic mass is 16.6. The quantitative estimate of drug-likeness (QED) is 0.423. The number of ether oxygens (including phenoxy) is 1. The van der Waals surface area contributed by atoms with Crippen LogP contribution in [0.5, 0.6) is 5.75 Å². The first-order chi connectivity index (χ1) is 16.1. The summed E-state index contributed by atoms with van der Waals surface area (Å²) in [6.45, 7) is 0.